The van der Waals surface area contributed by atoms with Crippen LogP contribution < -0.4 is 5.32 Å². The van der Waals surface area contributed by atoms with Crippen molar-refractivity contribution in [3.8, 4) is 0 Å². The molecule has 112 valence electrons. The molecule has 2 rings (SSSR count). The first-order chi connectivity index (χ1) is 9.94. The standard InChI is InChI=1S/C15H15ClFNO2S/c1-2-9-21(19,20)15-6-4-3-5-14(15)18-11-7-8-13(17)12(16)10-11/h3-8,10,18H,2,9H2,1H3. The minimum atomic E-state index is -3.35. The van der Waals surface area contributed by atoms with E-state index in [1.54, 1.807) is 24.3 Å². The third kappa shape index (κ3) is 3.74. The summed E-state index contributed by atoms with van der Waals surface area (Å²) in [7, 11) is -3.35. The largest absolute Gasteiger partial charge is 0.354 e. The highest BCUT2D eigenvalue weighted by atomic mass is 35.5. The SMILES string of the molecule is CCCS(=O)(=O)c1ccccc1Nc1ccc(F)c(Cl)c1. The van der Waals surface area contributed by atoms with Gasteiger partial charge in [0, 0.05) is 5.69 Å². The molecule has 0 radical (unpaired) electrons. The second-order valence-corrected chi connectivity index (χ2v) is 7.05. The normalized spacial score (nSPS) is 11.4. The average molecular weight is 328 g/mol. The summed E-state index contributed by atoms with van der Waals surface area (Å²) in [5.41, 5.74) is 0.981. The maximum Gasteiger partial charge on any atom is 0.180 e. The maximum absolute atomic E-state index is 13.2. The van der Waals surface area contributed by atoms with Crippen molar-refractivity contribution in [3.05, 3.63) is 53.3 Å². The van der Waals surface area contributed by atoms with Gasteiger partial charge in [-0.25, -0.2) is 12.8 Å². The number of hydrogen-bond acceptors (Lipinski definition) is 3. The van der Waals surface area contributed by atoms with E-state index < -0.39 is 15.7 Å². The Balaban J connectivity index is 2.39. The molecule has 0 unspecified atom stereocenters. The van der Waals surface area contributed by atoms with Crippen LogP contribution in [0, 0.1) is 5.82 Å². The van der Waals surface area contributed by atoms with Crippen LogP contribution >= 0.6 is 11.6 Å². The molecule has 2 aromatic rings. The van der Waals surface area contributed by atoms with Crippen LogP contribution in [0.2, 0.25) is 5.02 Å². The summed E-state index contributed by atoms with van der Waals surface area (Å²) in [6.07, 6.45) is 0.541. The number of halogens is 2. The second kappa shape index (κ2) is 6.45. The molecule has 0 saturated heterocycles. The van der Waals surface area contributed by atoms with Gasteiger partial charge in [-0.15, -0.1) is 0 Å². The highest BCUT2D eigenvalue weighted by molar-refractivity contribution is 7.91. The molecule has 1 N–H and O–H groups in total. The van der Waals surface area contributed by atoms with Gasteiger partial charge < -0.3 is 5.32 Å². The van der Waals surface area contributed by atoms with E-state index in [2.05, 4.69) is 5.32 Å². The number of hydrogen-bond donors (Lipinski definition) is 1. The van der Waals surface area contributed by atoms with Crippen LogP contribution in [0.3, 0.4) is 0 Å². The molecule has 0 aliphatic rings. The molecular weight excluding hydrogens is 313 g/mol. The van der Waals surface area contributed by atoms with Crippen LogP contribution in [0.15, 0.2) is 47.4 Å². The molecule has 0 heterocycles. The molecule has 0 atom stereocenters. The molecule has 2 aromatic carbocycles. The van der Waals surface area contributed by atoms with Crippen LogP contribution in [0.5, 0.6) is 0 Å². The summed E-state index contributed by atoms with van der Waals surface area (Å²) < 4.78 is 37.6. The van der Waals surface area contributed by atoms with Crippen LogP contribution in [0.1, 0.15) is 13.3 Å². The Labute approximate surface area is 128 Å². The topological polar surface area (TPSA) is 46.2 Å². The van der Waals surface area contributed by atoms with Crippen LogP contribution in [-0.2, 0) is 9.84 Å². The first-order valence-electron chi connectivity index (χ1n) is 6.48. The molecule has 0 aromatic heterocycles. The van der Waals surface area contributed by atoms with E-state index in [0.717, 1.165) is 0 Å². The number of anilines is 2. The van der Waals surface area contributed by atoms with E-state index in [1.165, 1.54) is 18.2 Å². The van der Waals surface area contributed by atoms with Gasteiger partial charge in [-0.05, 0) is 36.8 Å². The smallest absolute Gasteiger partial charge is 0.180 e. The Morgan fingerprint density at radius 3 is 2.57 bits per heavy atom. The molecule has 0 aliphatic heterocycles. The van der Waals surface area contributed by atoms with Gasteiger partial charge in [-0.1, -0.05) is 30.7 Å². The van der Waals surface area contributed by atoms with E-state index in [-0.39, 0.29) is 15.7 Å². The summed E-state index contributed by atoms with van der Waals surface area (Å²) >= 11 is 5.73. The Morgan fingerprint density at radius 2 is 1.90 bits per heavy atom. The Bertz CT molecular complexity index is 747. The summed E-state index contributed by atoms with van der Waals surface area (Å²) in [4.78, 5) is 0.229. The lowest BCUT2D eigenvalue weighted by atomic mass is 10.2. The Kier molecular flexibility index (Phi) is 4.85. The van der Waals surface area contributed by atoms with Crippen molar-refractivity contribution in [1.82, 2.24) is 0 Å². The highest BCUT2D eigenvalue weighted by Gasteiger charge is 2.17. The van der Waals surface area contributed by atoms with Crippen molar-refractivity contribution in [2.24, 2.45) is 0 Å². The van der Waals surface area contributed by atoms with Crippen molar-refractivity contribution in [3.63, 3.8) is 0 Å². The first-order valence-corrected chi connectivity index (χ1v) is 8.51. The minimum absolute atomic E-state index is 0.0195. The summed E-state index contributed by atoms with van der Waals surface area (Å²) in [5, 5.41) is 2.96. The summed E-state index contributed by atoms with van der Waals surface area (Å²) in [5.74, 6) is -0.440. The molecule has 0 amide bonds. The van der Waals surface area contributed by atoms with Crippen molar-refractivity contribution >= 4 is 32.8 Å². The van der Waals surface area contributed by atoms with Gasteiger partial charge in [0.25, 0.3) is 0 Å². The lowest BCUT2D eigenvalue weighted by Gasteiger charge is -2.12. The lowest BCUT2D eigenvalue weighted by molar-refractivity contribution is 0.595. The van der Waals surface area contributed by atoms with E-state index in [0.29, 0.717) is 17.8 Å². The zero-order valence-electron chi connectivity index (χ0n) is 11.4. The van der Waals surface area contributed by atoms with Gasteiger partial charge in [0.2, 0.25) is 0 Å². The number of sulfone groups is 1. The molecule has 21 heavy (non-hydrogen) atoms. The molecule has 0 fully saturated rings. The fourth-order valence-corrected chi connectivity index (χ4v) is 3.63. The van der Waals surface area contributed by atoms with Crippen molar-refractivity contribution in [1.29, 1.82) is 0 Å². The number of benzene rings is 2. The van der Waals surface area contributed by atoms with Crippen molar-refractivity contribution < 1.29 is 12.8 Å². The molecule has 0 bridgehead atoms. The Morgan fingerprint density at radius 1 is 1.19 bits per heavy atom. The Hall–Kier alpha value is -1.59. The van der Waals surface area contributed by atoms with Crippen molar-refractivity contribution in [2.75, 3.05) is 11.1 Å². The number of nitrogens with one attached hydrogen (secondary N) is 1. The quantitative estimate of drug-likeness (QED) is 0.885. The molecular formula is C15H15ClFNO2S. The first kappa shape index (κ1) is 15.8. The van der Waals surface area contributed by atoms with Gasteiger partial charge >= 0.3 is 0 Å². The zero-order valence-corrected chi connectivity index (χ0v) is 13.0. The van der Waals surface area contributed by atoms with Gasteiger partial charge in [-0.3, -0.25) is 0 Å². The maximum atomic E-state index is 13.2. The van der Waals surface area contributed by atoms with E-state index in [1.807, 2.05) is 6.92 Å². The van der Waals surface area contributed by atoms with Gasteiger partial charge in [0.1, 0.15) is 5.82 Å². The van der Waals surface area contributed by atoms with Crippen molar-refractivity contribution in [2.45, 2.75) is 18.2 Å². The van der Waals surface area contributed by atoms with E-state index >= 15 is 0 Å². The second-order valence-electron chi connectivity index (χ2n) is 4.57. The molecule has 6 heteroatoms. The van der Waals surface area contributed by atoms with Crippen LogP contribution in [-0.4, -0.2) is 14.2 Å². The molecule has 0 saturated carbocycles. The molecule has 0 spiro atoms. The van der Waals surface area contributed by atoms with E-state index in [9.17, 15) is 12.8 Å². The summed E-state index contributed by atoms with van der Waals surface area (Å²) in [6.45, 7) is 1.81. The van der Waals surface area contributed by atoms with E-state index in [4.69, 9.17) is 11.6 Å². The van der Waals surface area contributed by atoms with Gasteiger partial charge in [0.15, 0.2) is 9.84 Å². The minimum Gasteiger partial charge on any atom is -0.354 e. The monoisotopic (exact) mass is 327 g/mol. The number of rotatable bonds is 5. The fraction of sp³-hybridized carbons (Fsp3) is 0.200. The molecule has 3 nitrogen and oxygen atoms in total. The third-order valence-electron chi connectivity index (χ3n) is 2.89. The third-order valence-corrected chi connectivity index (χ3v) is 5.16. The fourth-order valence-electron chi connectivity index (χ4n) is 1.95. The summed E-state index contributed by atoms with van der Waals surface area (Å²) in [6, 6.07) is 10.8. The average Bonchev–Trinajstić information content (AvgIpc) is 2.43. The number of para-hydroxylation sites is 1. The predicted molar refractivity (Wildman–Crippen MR) is 83.5 cm³/mol. The predicted octanol–water partition coefficient (Wildman–Crippen LogP) is 4.41. The molecule has 0 aliphatic carbocycles. The van der Waals surface area contributed by atoms with Gasteiger partial charge in [-0.2, -0.15) is 0 Å². The zero-order chi connectivity index (χ0) is 15.5. The highest BCUT2D eigenvalue weighted by Crippen LogP contribution is 2.28. The van der Waals surface area contributed by atoms with Gasteiger partial charge in [0.05, 0.1) is 21.4 Å². The lowest BCUT2D eigenvalue weighted by Crippen LogP contribution is -2.08. The van der Waals surface area contributed by atoms with Crippen LogP contribution in [0.25, 0.3) is 0 Å². The van der Waals surface area contributed by atoms with Crippen LogP contribution in [0.4, 0.5) is 15.8 Å².